The number of carbonyl (C=O) groups is 1. The lowest BCUT2D eigenvalue weighted by Crippen LogP contribution is -2.40. The summed E-state index contributed by atoms with van der Waals surface area (Å²) in [6, 6.07) is 4.60. The molecule has 2 rings (SSSR count). The average Bonchev–Trinajstić information content (AvgIpc) is 2.54. The molecule has 138 valence electrons. The number of hydrazone groups is 1. The second-order valence-electron chi connectivity index (χ2n) is 5.86. The molecule has 1 saturated heterocycles. The summed E-state index contributed by atoms with van der Waals surface area (Å²) in [6.07, 6.45) is 2.54. The fourth-order valence-corrected chi connectivity index (χ4v) is 3.67. The number of nitrogens with zero attached hydrogens (tertiary/aromatic N) is 3. The van der Waals surface area contributed by atoms with E-state index in [1.165, 1.54) is 6.07 Å². The summed E-state index contributed by atoms with van der Waals surface area (Å²) in [7, 11) is -1.71. The first-order chi connectivity index (χ1) is 11.7. The van der Waals surface area contributed by atoms with E-state index in [-0.39, 0.29) is 15.7 Å². The Hall–Kier alpha value is -1.35. The SMILES string of the molecule is CN1CCC(=NNC(=O)CN(c2cccc(Cl)c2Cl)S(C)(=O)=O)CC1. The van der Waals surface area contributed by atoms with Crippen LogP contribution < -0.4 is 9.73 Å². The summed E-state index contributed by atoms with van der Waals surface area (Å²) in [5, 5.41) is 4.38. The number of benzene rings is 1. The van der Waals surface area contributed by atoms with Gasteiger partial charge in [0.15, 0.2) is 0 Å². The van der Waals surface area contributed by atoms with Crippen molar-refractivity contribution in [2.24, 2.45) is 5.10 Å². The van der Waals surface area contributed by atoms with Gasteiger partial charge in [-0.2, -0.15) is 5.10 Å². The van der Waals surface area contributed by atoms with Crippen LogP contribution in [-0.4, -0.2) is 57.9 Å². The van der Waals surface area contributed by atoms with E-state index >= 15 is 0 Å². The summed E-state index contributed by atoms with van der Waals surface area (Å²) in [4.78, 5) is 14.3. The predicted octanol–water partition coefficient (Wildman–Crippen LogP) is 1.96. The van der Waals surface area contributed by atoms with Crippen LogP contribution in [0.5, 0.6) is 0 Å². The Balaban J connectivity index is 2.11. The van der Waals surface area contributed by atoms with Crippen molar-refractivity contribution in [1.82, 2.24) is 10.3 Å². The van der Waals surface area contributed by atoms with Gasteiger partial charge in [0.1, 0.15) is 6.54 Å². The number of hydrogen-bond acceptors (Lipinski definition) is 5. The molecule has 0 spiro atoms. The van der Waals surface area contributed by atoms with E-state index in [4.69, 9.17) is 23.2 Å². The minimum absolute atomic E-state index is 0.0732. The van der Waals surface area contributed by atoms with Gasteiger partial charge in [0, 0.05) is 31.6 Å². The number of anilines is 1. The van der Waals surface area contributed by atoms with Gasteiger partial charge in [0.25, 0.3) is 5.91 Å². The Labute approximate surface area is 157 Å². The van der Waals surface area contributed by atoms with Crippen LogP contribution in [0, 0.1) is 0 Å². The highest BCUT2D eigenvalue weighted by molar-refractivity contribution is 7.92. The maximum atomic E-state index is 12.2. The van der Waals surface area contributed by atoms with Crippen LogP contribution in [0.3, 0.4) is 0 Å². The van der Waals surface area contributed by atoms with Crippen molar-refractivity contribution < 1.29 is 13.2 Å². The summed E-state index contributed by atoms with van der Waals surface area (Å²) < 4.78 is 25.1. The van der Waals surface area contributed by atoms with Crippen LogP contribution in [0.1, 0.15) is 12.8 Å². The maximum absolute atomic E-state index is 12.2. The van der Waals surface area contributed by atoms with E-state index in [0.717, 1.165) is 42.2 Å². The van der Waals surface area contributed by atoms with Crippen LogP contribution >= 0.6 is 23.2 Å². The zero-order valence-corrected chi connectivity index (χ0v) is 16.3. The Morgan fingerprint density at radius 1 is 1.32 bits per heavy atom. The third kappa shape index (κ3) is 5.57. The normalized spacial score (nSPS) is 15.8. The molecule has 0 saturated carbocycles. The molecule has 0 radical (unpaired) electrons. The molecule has 1 heterocycles. The van der Waals surface area contributed by atoms with Crippen molar-refractivity contribution in [3.8, 4) is 0 Å². The Morgan fingerprint density at radius 3 is 2.56 bits per heavy atom. The van der Waals surface area contributed by atoms with Crippen molar-refractivity contribution in [1.29, 1.82) is 0 Å². The van der Waals surface area contributed by atoms with E-state index in [0.29, 0.717) is 0 Å². The average molecular weight is 407 g/mol. The molecule has 1 aromatic rings. The second kappa shape index (κ2) is 8.35. The standard InChI is InChI=1S/C15H20Cl2N4O3S/c1-20-8-6-11(7-9-20)18-19-14(22)10-21(25(2,23)24)13-5-3-4-12(16)15(13)17/h3-5H,6-10H2,1-2H3,(H,19,22). The second-order valence-corrected chi connectivity index (χ2v) is 8.55. The number of piperidine rings is 1. The molecule has 0 aliphatic carbocycles. The molecular weight excluding hydrogens is 387 g/mol. The fraction of sp³-hybridized carbons (Fsp3) is 0.467. The summed E-state index contributed by atoms with van der Waals surface area (Å²) in [5.41, 5.74) is 3.46. The fourth-order valence-electron chi connectivity index (χ4n) is 2.36. The van der Waals surface area contributed by atoms with E-state index < -0.39 is 22.5 Å². The van der Waals surface area contributed by atoms with Crippen molar-refractivity contribution >= 4 is 50.5 Å². The highest BCUT2D eigenvalue weighted by Crippen LogP contribution is 2.33. The molecule has 0 bridgehead atoms. The number of likely N-dealkylation sites (tertiary alicyclic amines) is 1. The number of sulfonamides is 1. The van der Waals surface area contributed by atoms with E-state index in [2.05, 4.69) is 15.4 Å². The molecule has 1 aliphatic rings. The molecule has 1 amide bonds. The smallest absolute Gasteiger partial charge is 0.260 e. The van der Waals surface area contributed by atoms with Crippen molar-refractivity contribution in [3.63, 3.8) is 0 Å². The largest absolute Gasteiger partial charge is 0.306 e. The highest BCUT2D eigenvalue weighted by Gasteiger charge is 2.24. The van der Waals surface area contributed by atoms with Gasteiger partial charge in [-0.1, -0.05) is 29.3 Å². The van der Waals surface area contributed by atoms with Crippen molar-refractivity contribution in [3.05, 3.63) is 28.2 Å². The van der Waals surface area contributed by atoms with E-state index in [9.17, 15) is 13.2 Å². The van der Waals surface area contributed by atoms with Crippen LogP contribution in [0.15, 0.2) is 23.3 Å². The lowest BCUT2D eigenvalue weighted by atomic mass is 10.1. The van der Waals surface area contributed by atoms with Crippen molar-refractivity contribution in [2.45, 2.75) is 12.8 Å². The molecule has 0 aromatic heterocycles. The molecule has 25 heavy (non-hydrogen) atoms. The Morgan fingerprint density at radius 2 is 1.96 bits per heavy atom. The molecule has 1 aliphatic heterocycles. The predicted molar refractivity (Wildman–Crippen MR) is 101 cm³/mol. The van der Waals surface area contributed by atoms with Crippen LogP contribution in [-0.2, 0) is 14.8 Å². The first-order valence-corrected chi connectivity index (χ1v) is 10.2. The molecule has 0 atom stereocenters. The molecular formula is C15H20Cl2N4O3S. The van der Waals surface area contributed by atoms with Gasteiger partial charge < -0.3 is 4.90 Å². The van der Waals surface area contributed by atoms with E-state index in [1.54, 1.807) is 12.1 Å². The third-order valence-corrected chi connectivity index (χ3v) is 5.73. The van der Waals surface area contributed by atoms with E-state index in [1.807, 2.05) is 7.05 Å². The number of carbonyl (C=O) groups excluding carboxylic acids is 1. The number of amides is 1. The Kier molecular flexibility index (Phi) is 6.67. The van der Waals surface area contributed by atoms with Gasteiger partial charge in [-0.15, -0.1) is 0 Å². The Bertz CT molecular complexity index is 773. The van der Waals surface area contributed by atoms with Gasteiger partial charge >= 0.3 is 0 Å². The summed E-state index contributed by atoms with van der Waals surface area (Å²) in [6.45, 7) is 1.32. The molecule has 1 aromatic carbocycles. The number of hydrogen-bond donors (Lipinski definition) is 1. The lowest BCUT2D eigenvalue weighted by molar-refractivity contribution is -0.119. The topological polar surface area (TPSA) is 82.1 Å². The third-order valence-electron chi connectivity index (χ3n) is 3.79. The first-order valence-electron chi connectivity index (χ1n) is 7.63. The highest BCUT2D eigenvalue weighted by atomic mass is 35.5. The van der Waals surface area contributed by atoms with Gasteiger partial charge in [0.05, 0.1) is 22.0 Å². The molecule has 10 heteroatoms. The van der Waals surface area contributed by atoms with Gasteiger partial charge in [-0.25, -0.2) is 13.8 Å². The first kappa shape index (κ1) is 20.0. The number of halogens is 2. The van der Waals surface area contributed by atoms with Crippen LogP contribution in [0.4, 0.5) is 5.69 Å². The van der Waals surface area contributed by atoms with Crippen LogP contribution in [0.2, 0.25) is 10.0 Å². The minimum Gasteiger partial charge on any atom is -0.306 e. The summed E-state index contributed by atoms with van der Waals surface area (Å²) in [5.74, 6) is -0.548. The van der Waals surface area contributed by atoms with Crippen molar-refractivity contribution in [2.75, 3.05) is 37.2 Å². The lowest BCUT2D eigenvalue weighted by Gasteiger charge is -2.24. The number of rotatable bonds is 5. The monoisotopic (exact) mass is 406 g/mol. The van der Waals surface area contributed by atoms with Gasteiger partial charge in [-0.3, -0.25) is 9.10 Å². The van der Waals surface area contributed by atoms with Crippen LogP contribution in [0.25, 0.3) is 0 Å². The van der Waals surface area contributed by atoms with Gasteiger partial charge in [0.2, 0.25) is 10.0 Å². The number of nitrogens with one attached hydrogen (secondary N) is 1. The summed E-state index contributed by atoms with van der Waals surface area (Å²) >= 11 is 12.0. The molecule has 1 fully saturated rings. The molecule has 7 nitrogen and oxygen atoms in total. The molecule has 1 N–H and O–H groups in total. The zero-order chi connectivity index (χ0) is 18.6. The van der Waals surface area contributed by atoms with Gasteiger partial charge in [-0.05, 0) is 19.2 Å². The minimum atomic E-state index is -3.73. The maximum Gasteiger partial charge on any atom is 0.260 e. The molecule has 0 unspecified atom stereocenters. The quantitative estimate of drug-likeness (QED) is 0.757. The zero-order valence-electron chi connectivity index (χ0n) is 14.0.